The predicted molar refractivity (Wildman–Crippen MR) is 94.5 cm³/mol. The molecule has 2 aromatic rings. The molecule has 0 radical (unpaired) electrons. The lowest BCUT2D eigenvalue weighted by Crippen LogP contribution is -2.25. The SMILES string of the molecule is O=C(CCC(=O)c1cccc(Cl)c1)NCCCOc1ccc(F)cc1. The first-order valence-electron chi connectivity index (χ1n) is 7.98. The maximum Gasteiger partial charge on any atom is 0.220 e. The summed E-state index contributed by atoms with van der Waals surface area (Å²) in [7, 11) is 0. The lowest BCUT2D eigenvalue weighted by Gasteiger charge is -2.07. The smallest absolute Gasteiger partial charge is 0.220 e. The Morgan fingerprint density at radius 1 is 1.08 bits per heavy atom. The second kappa shape index (κ2) is 9.79. The number of Topliss-reactive ketones (excluding diaryl/α,β-unsaturated/α-hetero) is 1. The molecule has 0 aromatic heterocycles. The van der Waals surface area contributed by atoms with E-state index in [4.69, 9.17) is 16.3 Å². The highest BCUT2D eigenvalue weighted by Gasteiger charge is 2.09. The number of carbonyl (C=O) groups is 2. The fourth-order valence-electron chi connectivity index (χ4n) is 2.14. The molecule has 0 aliphatic rings. The monoisotopic (exact) mass is 363 g/mol. The van der Waals surface area contributed by atoms with Crippen LogP contribution in [0.3, 0.4) is 0 Å². The van der Waals surface area contributed by atoms with Gasteiger partial charge in [-0.25, -0.2) is 4.39 Å². The maximum atomic E-state index is 12.7. The van der Waals surface area contributed by atoms with E-state index < -0.39 is 0 Å². The van der Waals surface area contributed by atoms with E-state index in [1.807, 2.05) is 0 Å². The fourth-order valence-corrected chi connectivity index (χ4v) is 2.33. The van der Waals surface area contributed by atoms with E-state index in [2.05, 4.69) is 5.32 Å². The summed E-state index contributed by atoms with van der Waals surface area (Å²) in [5, 5.41) is 3.24. The van der Waals surface area contributed by atoms with Crippen molar-refractivity contribution in [1.29, 1.82) is 0 Å². The molecular formula is C19H19ClFNO3. The van der Waals surface area contributed by atoms with Crippen molar-refractivity contribution in [3.8, 4) is 5.75 Å². The second-order valence-electron chi connectivity index (χ2n) is 5.44. The van der Waals surface area contributed by atoms with Crippen molar-refractivity contribution in [2.24, 2.45) is 0 Å². The maximum absolute atomic E-state index is 12.7. The van der Waals surface area contributed by atoms with Gasteiger partial charge in [0.2, 0.25) is 5.91 Å². The van der Waals surface area contributed by atoms with Gasteiger partial charge in [0.15, 0.2) is 5.78 Å². The Morgan fingerprint density at radius 3 is 2.56 bits per heavy atom. The van der Waals surface area contributed by atoms with Crippen LogP contribution in [0.5, 0.6) is 5.75 Å². The summed E-state index contributed by atoms with van der Waals surface area (Å²) < 4.78 is 18.2. The number of halogens is 2. The second-order valence-corrected chi connectivity index (χ2v) is 5.88. The van der Waals surface area contributed by atoms with Gasteiger partial charge in [-0.1, -0.05) is 23.7 Å². The Labute approximate surface area is 150 Å². The first kappa shape index (κ1) is 18.9. The fraction of sp³-hybridized carbons (Fsp3) is 0.263. The van der Waals surface area contributed by atoms with Gasteiger partial charge < -0.3 is 10.1 Å². The largest absolute Gasteiger partial charge is 0.494 e. The molecule has 6 heteroatoms. The van der Waals surface area contributed by atoms with Crippen LogP contribution >= 0.6 is 11.6 Å². The number of hydrogen-bond acceptors (Lipinski definition) is 3. The van der Waals surface area contributed by atoms with Crippen molar-refractivity contribution in [1.82, 2.24) is 5.32 Å². The minimum atomic E-state index is -0.313. The van der Waals surface area contributed by atoms with E-state index >= 15 is 0 Å². The van der Waals surface area contributed by atoms with Crippen LogP contribution in [0.25, 0.3) is 0 Å². The number of benzene rings is 2. The van der Waals surface area contributed by atoms with Crippen LogP contribution in [-0.2, 0) is 4.79 Å². The summed E-state index contributed by atoms with van der Waals surface area (Å²) in [6, 6.07) is 12.4. The van der Waals surface area contributed by atoms with Gasteiger partial charge in [0.25, 0.3) is 0 Å². The molecule has 2 aromatic carbocycles. The molecule has 0 atom stereocenters. The Bertz CT molecular complexity index is 719. The lowest BCUT2D eigenvalue weighted by atomic mass is 10.1. The van der Waals surface area contributed by atoms with E-state index in [9.17, 15) is 14.0 Å². The van der Waals surface area contributed by atoms with E-state index in [1.54, 1.807) is 36.4 Å². The predicted octanol–water partition coefficient (Wildman–Crippen LogP) is 4.03. The number of nitrogens with one attached hydrogen (secondary N) is 1. The van der Waals surface area contributed by atoms with Gasteiger partial charge in [0, 0.05) is 30.0 Å². The molecular weight excluding hydrogens is 345 g/mol. The number of amides is 1. The summed E-state index contributed by atoms with van der Waals surface area (Å²) in [6.07, 6.45) is 0.883. The lowest BCUT2D eigenvalue weighted by molar-refractivity contribution is -0.121. The van der Waals surface area contributed by atoms with Crippen molar-refractivity contribution in [2.75, 3.05) is 13.2 Å². The molecule has 132 valence electrons. The molecule has 0 heterocycles. The third-order valence-electron chi connectivity index (χ3n) is 3.45. The molecule has 25 heavy (non-hydrogen) atoms. The molecule has 1 amide bonds. The number of hydrogen-bond donors (Lipinski definition) is 1. The van der Waals surface area contributed by atoms with Crippen LogP contribution in [0, 0.1) is 5.82 Å². The Kier molecular flexibility index (Phi) is 7.41. The molecule has 0 spiro atoms. The quantitative estimate of drug-likeness (QED) is 0.540. The zero-order valence-electron chi connectivity index (χ0n) is 13.6. The molecule has 0 saturated heterocycles. The first-order chi connectivity index (χ1) is 12.0. The van der Waals surface area contributed by atoms with E-state index in [0.717, 1.165) is 0 Å². The van der Waals surface area contributed by atoms with Crippen LogP contribution in [0.1, 0.15) is 29.6 Å². The van der Waals surface area contributed by atoms with Crippen LogP contribution in [0.4, 0.5) is 4.39 Å². The summed E-state index contributed by atoms with van der Waals surface area (Å²) >= 11 is 5.84. The van der Waals surface area contributed by atoms with Crippen LogP contribution in [0.2, 0.25) is 5.02 Å². The summed E-state index contributed by atoms with van der Waals surface area (Å²) in [5.41, 5.74) is 0.507. The van der Waals surface area contributed by atoms with Gasteiger partial charge in [0.05, 0.1) is 6.61 Å². The number of ether oxygens (including phenoxy) is 1. The van der Waals surface area contributed by atoms with E-state index in [1.165, 1.54) is 12.1 Å². The molecule has 0 saturated carbocycles. The molecule has 2 rings (SSSR count). The van der Waals surface area contributed by atoms with Gasteiger partial charge in [-0.05, 0) is 42.8 Å². The van der Waals surface area contributed by atoms with Crippen molar-refractivity contribution < 1.29 is 18.7 Å². The number of rotatable bonds is 9. The number of carbonyl (C=O) groups excluding carboxylic acids is 2. The van der Waals surface area contributed by atoms with Gasteiger partial charge in [-0.3, -0.25) is 9.59 Å². The van der Waals surface area contributed by atoms with E-state index in [-0.39, 0.29) is 30.3 Å². The molecule has 4 nitrogen and oxygen atoms in total. The Morgan fingerprint density at radius 2 is 1.84 bits per heavy atom. The molecule has 0 unspecified atom stereocenters. The average Bonchev–Trinajstić information content (AvgIpc) is 2.61. The highest BCUT2D eigenvalue weighted by molar-refractivity contribution is 6.31. The Hall–Kier alpha value is -2.40. The molecule has 0 aliphatic heterocycles. The zero-order chi connectivity index (χ0) is 18.1. The van der Waals surface area contributed by atoms with Crippen molar-refractivity contribution in [2.45, 2.75) is 19.3 Å². The van der Waals surface area contributed by atoms with E-state index in [0.29, 0.717) is 35.9 Å². The van der Waals surface area contributed by atoms with Gasteiger partial charge in [-0.15, -0.1) is 0 Å². The van der Waals surface area contributed by atoms with Crippen molar-refractivity contribution >= 4 is 23.3 Å². The third kappa shape index (κ3) is 6.93. The zero-order valence-corrected chi connectivity index (χ0v) is 14.4. The number of ketones is 1. The standard InChI is InChI=1S/C19H19ClFNO3/c20-15-4-1-3-14(13-15)18(23)9-10-19(24)22-11-2-12-25-17-7-5-16(21)6-8-17/h1,3-8,13H,2,9-12H2,(H,22,24). The average molecular weight is 364 g/mol. The van der Waals surface area contributed by atoms with Gasteiger partial charge >= 0.3 is 0 Å². The summed E-state index contributed by atoms with van der Waals surface area (Å²) in [5.74, 6) is -0.0266. The highest BCUT2D eigenvalue weighted by atomic mass is 35.5. The normalized spacial score (nSPS) is 10.3. The molecule has 1 N–H and O–H groups in total. The summed E-state index contributed by atoms with van der Waals surface area (Å²) in [6.45, 7) is 0.860. The first-order valence-corrected chi connectivity index (χ1v) is 8.36. The van der Waals surface area contributed by atoms with Gasteiger partial charge in [-0.2, -0.15) is 0 Å². The highest BCUT2D eigenvalue weighted by Crippen LogP contribution is 2.13. The van der Waals surface area contributed by atoms with Crippen LogP contribution < -0.4 is 10.1 Å². The summed E-state index contributed by atoms with van der Waals surface area (Å²) in [4.78, 5) is 23.7. The van der Waals surface area contributed by atoms with Crippen molar-refractivity contribution in [3.63, 3.8) is 0 Å². The van der Waals surface area contributed by atoms with Crippen molar-refractivity contribution in [3.05, 3.63) is 64.9 Å². The molecule has 0 fully saturated rings. The Balaban J connectivity index is 1.59. The van der Waals surface area contributed by atoms with Crippen LogP contribution in [0.15, 0.2) is 48.5 Å². The minimum absolute atomic E-state index is 0.114. The topological polar surface area (TPSA) is 55.4 Å². The minimum Gasteiger partial charge on any atom is -0.494 e. The van der Waals surface area contributed by atoms with Crippen LogP contribution in [-0.4, -0.2) is 24.8 Å². The third-order valence-corrected chi connectivity index (χ3v) is 3.69. The molecule has 0 aliphatic carbocycles. The van der Waals surface area contributed by atoms with Gasteiger partial charge in [0.1, 0.15) is 11.6 Å². The molecule has 0 bridgehead atoms.